The van der Waals surface area contributed by atoms with Gasteiger partial charge in [-0.25, -0.2) is 9.50 Å². The summed E-state index contributed by atoms with van der Waals surface area (Å²) in [4.78, 5) is 26.8. The molecule has 2 N–H and O–H groups in total. The first kappa shape index (κ1) is 13.0. The fourth-order valence-corrected chi connectivity index (χ4v) is 1.73. The zero-order valence-corrected chi connectivity index (χ0v) is 10.6. The smallest absolute Gasteiger partial charge is 0.305 e. The molecule has 1 amide bonds. The van der Waals surface area contributed by atoms with Crippen LogP contribution < -0.4 is 5.32 Å². The minimum absolute atomic E-state index is 0.128. The second-order valence-electron chi connectivity index (χ2n) is 4.37. The van der Waals surface area contributed by atoms with Crippen molar-refractivity contribution in [2.45, 2.75) is 26.3 Å². The van der Waals surface area contributed by atoms with Gasteiger partial charge in [0.1, 0.15) is 5.56 Å². The highest BCUT2D eigenvalue weighted by molar-refractivity contribution is 5.99. The van der Waals surface area contributed by atoms with Crippen LogP contribution >= 0.6 is 0 Å². The predicted molar refractivity (Wildman–Crippen MR) is 66.9 cm³/mol. The number of carboxylic acids is 1. The molecule has 0 saturated carbocycles. The molecule has 0 radical (unpaired) electrons. The highest BCUT2D eigenvalue weighted by Crippen LogP contribution is 2.09. The van der Waals surface area contributed by atoms with Crippen molar-refractivity contribution in [2.24, 2.45) is 0 Å². The molecule has 0 spiro atoms. The monoisotopic (exact) mass is 262 g/mol. The zero-order chi connectivity index (χ0) is 14.0. The lowest BCUT2D eigenvalue weighted by Crippen LogP contribution is -2.34. The summed E-state index contributed by atoms with van der Waals surface area (Å²) in [5, 5.41) is 15.3. The van der Waals surface area contributed by atoms with Crippen molar-refractivity contribution in [1.82, 2.24) is 19.9 Å². The molecule has 2 rings (SSSR count). The predicted octanol–water partition coefficient (Wildman–Crippen LogP) is 0.631. The fraction of sp³-hybridized carbons (Fsp3) is 0.333. The molecule has 7 heteroatoms. The molecule has 0 saturated heterocycles. The first-order chi connectivity index (χ1) is 8.97. The molecule has 0 fully saturated rings. The van der Waals surface area contributed by atoms with Gasteiger partial charge in [-0.05, 0) is 19.9 Å². The van der Waals surface area contributed by atoms with Crippen LogP contribution in [0.5, 0.6) is 0 Å². The van der Waals surface area contributed by atoms with Gasteiger partial charge in [-0.3, -0.25) is 9.59 Å². The maximum atomic E-state index is 12.0. The summed E-state index contributed by atoms with van der Waals surface area (Å²) >= 11 is 0. The van der Waals surface area contributed by atoms with Crippen molar-refractivity contribution in [2.75, 3.05) is 0 Å². The number of hydrogen-bond donors (Lipinski definition) is 2. The van der Waals surface area contributed by atoms with Crippen molar-refractivity contribution >= 4 is 17.5 Å². The normalized spacial score (nSPS) is 12.3. The van der Waals surface area contributed by atoms with Gasteiger partial charge >= 0.3 is 5.97 Å². The van der Waals surface area contributed by atoms with Gasteiger partial charge in [-0.15, -0.1) is 0 Å². The van der Waals surface area contributed by atoms with Gasteiger partial charge in [0.05, 0.1) is 12.6 Å². The average molecular weight is 262 g/mol. The molecule has 100 valence electrons. The second kappa shape index (κ2) is 5.05. The Morgan fingerprint density at radius 2 is 2.26 bits per heavy atom. The number of nitrogens with zero attached hydrogens (tertiary/aromatic N) is 3. The molecule has 19 heavy (non-hydrogen) atoms. The number of aliphatic carboxylic acids is 1. The van der Waals surface area contributed by atoms with Crippen LogP contribution in [-0.4, -0.2) is 37.6 Å². The Hall–Kier alpha value is -2.44. The van der Waals surface area contributed by atoms with Crippen molar-refractivity contribution in [3.63, 3.8) is 0 Å². The molecule has 2 aromatic rings. The Labute approximate surface area is 109 Å². The van der Waals surface area contributed by atoms with E-state index in [4.69, 9.17) is 5.11 Å². The highest BCUT2D eigenvalue weighted by atomic mass is 16.4. The number of aromatic nitrogens is 3. The number of aryl methyl sites for hydroxylation is 1. The third kappa shape index (κ3) is 2.87. The summed E-state index contributed by atoms with van der Waals surface area (Å²) in [7, 11) is 0. The molecule has 2 aromatic heterocycles. The lowest BCUT2D eigenvalue weighted by atomic mass is 10.2. The summed E-state index contributed by atoms with van der Waals surface area (Å²) in [5.41, 5.74) is 1.57. The first-order valence-electron chi connectivity index (χ1n) is 5.81. The summed E-state index contributed by atoms with van der Waals surface area (Å²) in [6.45, 7) is 3.46. The number of fused-ring (bicyclic) bond motifs is 1. The van der Waals surface area contributed by atoms with Crippen LogP contribution in [0.15, 0.2) is 18.5 Å². The number of amides is 1. The first-order valence-corrected chi connectivity index (χ1v) is 5.81. The Morgan fingerprint density at radius 1 is 1.53 bits per heavy atom. The fourth-order valence-electron chi connectivity index (χ4n) is 1.73. The summed E-state index contributed by atoms with van der Waals surface area (Å²) in [5.74, 6) is -1.33. The molecular weight excluding hydrogens is 248 g/mol. The number of carbonyl (C=O) groups excluding carboxylic acids is 1. The van der Waals surface area contributed by atoms with Crippen LogP contribution in [0.4, 0.5) is 0 Å². The molecule has 0 aromatic carbocycles. The van der Waals surface area contributed by atoms with Gasteiger partial charge in [-0.1, -0.05) is 0 Å². The number of rotatable bonds is 4. The highest BCUT2D eigenvalue weighted by Gasteiger charge is 2.17. The molecular formula is C12H14N4O3. The number of carboxylic acid groups (broad SMARTS) is 1. The van der Waals surface area contributed by atoms with Gasteiger partial charge in [0, 0.05) is 17.9 Å². The van der Waals surface area contributed by atoms with Crippen molar-refractivity contribution in [1.29, 1.82) is 0 Å². The molecule has 2 heterocycles. The van der Waals surface area contributed by atoms with Gasteiger partial charge in [0.25, 0.3) is 5.91 Å². The van der Waals surface area contributed by atoms with E-state index in [2.05, 4.69) is 15.4 Å². The van der Waals surface area contributed by atoms with Crippen LogP contribution in [0.2, 0.25) is 0 Å². The Morgan fingerprint density at radius 3 is 2.95 bits per heavy atom. The molecule has 1 atom stereocenters. The van der Waals surface area contributed by atoms with Crippen molar-refractivity contribution in [3.8, 4) is 0 Å². The largest absolute Gasteiger partial charge is 0.481 e. The van der Waals surface area contributed by atoms with Gasteiger partial charge in [0.15, 0.2) is 5.65 Å². The number of hydrogen-bond acceptors (Lipinski definition) is 4. The summed E-state index contributed by atoms with van der Waals surface area (Å²) < 4.78 is 1.50. The van der Waals surface area contributed by atoms with E-state index < -0.39 is 12.0 Å². The third-order valence-corrected chi connectivity index (χ3v) is 2.61. The minimum atomic E-state index is -0.957. The lowest BCUT2D eigenvalue weighted by Gasteiger charge is -2.10. The van der Waals surface area contributed by atoms with E-state index in [0.717, 1.165) is 5.69 Å². The molecule has 7 nitrogen and oxygen atoms in total. The number of carbonyl (C=O) groups is 2. The summed E-state index contributed by atoms with van der Waals surface area (Å²) in [6, 6.07) is 1.33. The van der Waals surface area contributed by atoms with E-state index in [1.54, 1.807) is 19.2 Å². The van der Waals surface area contributed by atoms with E-state index in [9.17, 15) is 9.59 Å². The Balaban J connectivity index is 2.22. The summed E-state index contributed by atoms with van der Waals surface area (Å²) in [6.07, 6.45) is 3.01. The molecule has 0 bridgehead atoms. The van der Waals surface area contributed by atoms with E-state index in [1.165, 1.54) is 10.7 Å². The minimum Gasteiger partial charge on any atom is -0.481 e. The van der Waals surface area contributed by atoms with E-state index >= 15 is 0 Å². The number of nitrogens with one attached hydrogen (secondary N) is 1. The van der Waals surface area contributed by atoms with Crippen molar-refractivity contribution < 1.29 is 14.7 Å². The standard InChI is InChI=1S/C12H14N4O3/c1-7-3-4-16-11(14-7)9(6-13-16)12(19)15-8(2)5-10(17)18/h3-4,6,8H,5H2,1-2H3,(H,15,19)(H,17,18). The van der Waals surface area contributed by atoms with Crippen LogP contribution in [0.25, 0.3) is 5.65 Å². The Bertz CT molecular complexity index is 635. The SMILES string of the molecule is Cc1ccn2ncc(C(=O)NC(C)CC(=O)O)c2n1. The lowest BCUT2D eigenvalue weighted by molar-refractivity contribution is -0.137. The van der Waals surface area contributed by atoms with Crippen LogP contribution in [0, 0.1) is 6.92 Å². The van der Waals surface area contributed by atoms with Gasteiger partial charge < -0.3 is 10.4 Å². The van der Waals surface area contributed by atoms with Crippen LogP contribution in [-0.2, 0) is 4.79 Å². The van der Waals surface area contributed by atoms with E-state index in [-0.39, 0.29) is 12.3 Å². The molecule has 0 aliphatic carbocycles. The van der Waals surface area contributed by atoms with E-state index in [0.29, 0.717) is 11.2 Å². The Kier molecular flexibility index (Phi) is 3.46. The van der Waals surface area contributed by atoms with Crippen molar-refractivity contribution in [3.05, 3.63) is 29.7 Å². The zero-order valence-electron chi connectivity index (χ0n) is 10.6. The molecule has 1 unspecified atom stereocenters. The molecule has 0 aliphatic heterocycles. The third-order valence-electron chi connectivity index (χ3n) is 2.61. The van der Waals surface area contributed by atoms with Gasteiger partial charge in [-0.2, -0.15) is 5.10 Å². The second-order valence-corrected chi connectivity index (χ2v) is 4.37. The van der Waals surface area contributed by atoms with E-state index in [1.807, 2.05) is 6.92 Å². The molecule has 0 aliphatic rings. The maximum Gasteiger partial charge on any atom is 0.305 e. The quantitative estimate of drug-likeness (QED) is 0.842. The van der Waals surface area contributed by atoms with Crippen LogP contribution in [0.1, 0.15) is 29.4 Å². The average Bonchev–Trinajstić information content (AvgIpc) is 2.70. The van der Waals surface area contributed by atoms with Crippen LogP contribution in [0.3, 0.4) is 0 Å². The van der Waals surface area contributed by atoms with Gasteiger partial charge in [0.2, 0.25) is 0 Å². The maximum absolute atomic E-state index is 12.0. The topological polar surface area (TPSA) is 96.6 Å².